The Morgan fingerprint density at radius 1 is 1.03 bits per heavy atom. The van der Waals surface area contributed by atoms with Crippen molar-refractivity contribution in [2.45, 2.75) is 78.2 Å². The Morgan fingerprint density at radius 2 is 1.79 bits per heavy atom. The van der Waals surface area contributed by atoms with Crippen molar-refractivity contribution < 1.29 is 19.4 Å². The lowest BCUT2D eigenvalue weighted by Crippen LogP contribution is -2.51. The highest BCUT2D eigenvalue weighted by atomic mass is 16.5. The third-order valence-electron chi connectivity index (χ3n) is 10.1. The molecule has 0 amide bonds. The van der Waals surface area contributed by atoms with Crippen molar-refractivity contribution >= 4 is 17.8 Å². The van der Waals surface area contributed by atoms with E-state index in [9.17, 15) is 14.7 Å². The Balaban J connectivity index is 1.32. The van der Waals surface area contributed by atoms with Crippen molar-refractivity contribution in [3.8, 4) is 5.75 Å². The van der Waals surface area contributed by atoms with Gasteiger partial charge in [-0.1, -0.05) is 43.7 Å². The number of ether oxygens (including phenoxy) is 1. The van der Waals surface area contributed by atoms with E-state index in [0.29, 0.717) is 17.8 Å². The lowest BCUT2D eigenvalue weighted by molar-refractivity contribution is -0.149. The minimum Gasteiger partial charge on any atom is -0.508 e. The van der Waals surface area contributed by atoms with Gasteiger partial charge in [-0.15, -0.1) is 0 Å². The summed E-state index contributed by atoms with van der Waals surface area (Å²) in [4.78, 5) is 24.8. The summed E-state index contributed by atoms with van der Waals surface area (Å²) in [5.74, 6) is 2.36. The van der Waals surface area contributed by atoms with E-state index >= 15 is 0 Å². The van der Waals surface area contributed by atoms with Crippen LogP contribution in [-0.4, -0.2) is 23.0 Å². The fraction of sp³-hybridized carbons (Fsp3) is 0.600. The van der Waals surface area contributed by atoms with Gasteiger partial charge in [0.1, 0.15) is 11.9 Å². The highest BCUT2D eigenvalue weighted by Gasteiger charge is 2.59. The van der Waals surface area contributed by atoms with Crippen LogP contribution in [-0.2, 0) is 14.3 Å². The zero-order valence-corrected chi connectivity index (χ0v) is 20.8. The molecule has 34 heavy (non-hydrogen) atoms. The molecule has 4 heteroatoms. The maximum Gasteiger partial charge on any atom is 0.302 e. The summed E-state index contributed by atoms with van der Waals surface area (Å²) in [5, 5.41) is 9.49. The van der Waals surface area contributed by atoms with E-state index in [-0.39, 0.29) is 40.4 Å². The number of hydrogen-bond acceptors (Lipinski definition) is 4. The number of phenolic OH excluding ortho intramolecular Hbond substituents is 1. The molecule has 0 radical (unpaired) electrons. The second kappa shape index (κ2) is 8.70. The average Bonchev–Trinajstić information content (AvgIpc) is 3.16. The Morgan fingerprint density at radius 3 is 2.53 bits per heavy atom. The number of aromatic hydroxyl groups is 1. The highest BCUT2D eigenvalue weighted by molar-refractivity contribution is 5.96. The number of phenols is 1. The molecular weight excluding hydrogens is 424 g/mol. The average molecular weight is 463 g/mol. The third-order valence-corrected chi connectivity index (χ3v) is 10.1. The first kappa shape index (κ1) is 23.4. The molecule has 4 aliphatic carbocycles. The minimum absolute atomic E-state index is 0.0380. The van der Waals surface area contributed by atoms with Crippen LogP contribution in [0.4, 0.5) is 0 Å². The van der Waals surface area contributed by atoms with Crippen LogP contribution in [0.2, 0.25) is 0 Å². The van der Waals surface area contributed by atoms with Crippen molar-refractivity contribution in [2.24, 2.45) is 34.5 Å². The van der Waals surface area contributed by atoms with Crippen LogP contribution >= 0.6 is 0 Å². The number of ketones is 1. The first-order chi connectivity index (χ1) is 16.2. The second-order valence-electron chi connectivity index (χ2n) is 11.7. The SMILES string of the molecule is CC(=O)O[C@H]1CC[C@@]2(C)C(=CC[C@@H]3[C@@H]2CC[C@]2(C)C(C(=O)/C=C/c4ccc(O)cc4)CC[C@@H]32)C1. The third kappa shape index (κ3) is 3.93. The van der Waals surface area contributed by atoms with Crippen molar-refractivity contribution in [1.82, 2.24) is 0 Å². The topological polar surface area (TPSA) is 63.6 Å². The van der Waals surface area contributed by atoms with Gasteiger partial charge >= 0.3 is 5.97 Å². The van der Waals surface area contributed by atoms with Gasteiger partial charge in [0, 0.05) is 19.3 Å². The molecule has 0 aromatic heterocycles. The summed E-state index contributed by atoms with van der Waals surface area (Å²) in [6, 6.07) is 6.99. The summed E-state index contributed by atoms with van der Waals surface area (Å²) in [6.07, 6.45) is 14.7. The molecule has 3 fully saturated rings. The van der Waals surface area contributed by atoms with Gasteiger partial charge in [0.05, 0.1) is 0 Å². The smallest absolute Gasteiger partial charge is 0.302 e. The monoisotopic (exact) mass is 462 g/mol. The molecule has 0 heterocycles. The van der Waals surface area contributed by atoms with Gasteiger partial charge in [-0.05, 0) is 97.3 Å². The Bertz CT molecular complexity index is 1020. The summed E-state index contributed by atoms with van der Waals surface area (Å²) in [6.45, 7) is 6.36. The van der Waals surface area contributed by atoms with Gasteiger partial charge in [0.15, 0.2) is 5.78 Å². The number of hydrogen-bond donors (Lipinski definition) is 1. The number of carbonyl (C=O) groups excluding carboxylic acids is 2. The quantitative estimate of drug-likeness (QED) is 0.316. The normalized spacial score (nSPS) is 39.0. The summed E-state index contributed by atoms with van der Waals surface area (Å²) >= 11 is 0. The highest BCUT2D eigenvalue weighted by Crippen LogP contribution is 2.66. The van der Waals surface area contributed by atoms with E-state index in [1.54, 1.807) is 18.2 Å². The molecule has 1 aromatic rings. The van der Waals surface area contributed by atoms with Crippen LogP contribution in [0.5, 0.6) is 5.75 Å². The van der Waals surface area contributed by atoms with E-state index in [2.05, 4.69) is 19.9 Å². The van der Waals surface area contributed by atoms with Gasteiger partial charge in [0.25, 0.3) is 0 Å². The number of esters is 1. The van der Waals surface area contributed by atoms with E-state index < -0.39 is 0 Å². The fourth-order valence-corrected chi connectivity index (χ4v) is 8.31. The van der Waals surface area contributed by atoms with Crippen LogP contribution < -0.4 is 0 Å². The van der Waals surface area contributed by atoms with E-state index in [4.69, 9.17) is 4.74 Å². The maximum absolute atomic E-state index is 13.3. The zero-order chi connectivity index (χ0) is 24.1. The number of rotatable bonds is 4. The molecule has 7 atom stereocenters. The molecule has 1 unspecified atom stereocenters. The van der Waals surface area contributed by atoms with Crippen molar-refractivity contribution in [3.63, 3.8) is 0 Å². The lowest BCUT2D eigenvalue weighted by atomic mass is 9.47. The molecule has 1 aromatic carbocycles. The Kier molecular flexibility index (Phi) is 5.98. The van der Waals surface area contributed by atoms with Crippen LogP contribution in [0.15, 0.2) is 42.0 Å². The molecular formula is C30H38O4. The minimum atomic E-state index is -0.169. The van der Waals surface area contributed by atoms with Crippen molar-refractivity contribution in [2.75, 3.05) is 0 Å². The Hall–Kier alpha value is -2.36. The van der Waals surface area contributed by atoms with E-state index in [1.807, 2.05) is 18.2 Å². The Labute approximate surface area is 203 Å². The van der Waals surface area contributed by atoms with Gasteiger partial charge in [-0.2, -0.15) is 0 Å². The molecule has 0 aliphatic heterocycles. The van der Waals surface area contributed by atoms with Crippen molar-refractivity contribution in [1.29, 1.82) is 0 Å². The largest absolute Gasteiger partial charge is 0.508 e. The first-order valence-electron chi connectivity index (χ1n) is 13.1. The molecule has 0 spiro atoms. The van der Waals surface area contributed by atoms with Crippen LogP contribution in [0.1, 0.15) is 77.7 Å². The molecule has 182 valence electrons. The maximum atomic E-state index is 13.3. The van der Waals surface area contributed by atoms with Gasteiger partial charge in [-0.3, -0.25) is 9.59 Å². The number of carbonyl (C=O) groups is 2. The van der Waals surface area contributed by atoms with E-state index in [1.165, 1.54) is 18.9 Å². The van der Waals surface area contributed by atoms with Crippen LogP contribution in [0.25, 0.3) is 6.08 Å². The van der Waals surface area contributed by atoms with Crippen LogP contribution in [0, 0.1) is 34.5 Å². The summed E-state index contributed by atoms with van der Waals surface area (Å²) < 4.78 is 5.57. The lowest BCUT2D eigenvalue weighted by Gasteiger charge is -2.58. The molecule has 5 rings (SSSR count). The molecule has 4 nitrogen and oxygen atoms in total. The van der Waals surface area contributed by atoms with Crippen molar-refractivity contribution in [3.05, 3.63) is 47.6 Å². The summed E-state index contributed by atoms with van der Waals surface area (Å²) in [7, 11) is 0. The number of fused-ring (bicyclic) bond motifs is 5. The van der Waals surface area contributed by atoms with Crippen LogP contribution in [0.3, 0.4) is 0 Å². The van der Waals surface area contributed by atoms with Gasteiger partial charge in [0.2, 0.25) is 0 Å². The second-order valence-corrected chi connectivity index (χ2v) is 11.7. The first-order valence-corrected chi connectivity index (χ1v) is 13.1. The predicted octanol–water partition coefficient (Wildman–Crippen LogP) is 6.49. The van der Waals surface area contributed by atoms with E-state index in [0.717, 1.165) is 50.5 Å². The number of benzene rings is 1. The van der Waals surface area contributed by atoms with Gasteiger partial charge in [-0.25, -0.2) is 0 Å². The summed E-state index contributed by atoms with van der Waals surface area (Å²) in [5.41, 5.74) is 2.74. The molecule has 0 bridgehead atoms. The van der Waals surface area contributed by atoms with Gasteiger partial charge < -0.3 is 9.84 Å². The fourth-order valence-electron chi connectivity index (χ4n) is 8.31. The number of allylic oxidation sites excluding steroid dienone is 2. The molecule has 0 saturated heterocycles. The zero-order valence-electron chi connectivity index (χ0n) is 20.8. The molecule has 1 N–H and O–H groups in total. The predicted molar refractivity (Wildman–Crippen MR) is 133 cm³/mol. The standard InChI is InChI=1S/C30H38O4/c1-19(31)34-23-14-16-29(2)21(18-23)7-10-24-25-11-12-27(30(25,3)17-15-26(24)29)28(33)13-6-20-4-8-22(32)9-5-20/h4-9,13,23-27,32H,10-12,14-18H2,1-3H3/b13-6+/t23-,24-,25-,26-,27?,29-,30-/m0/s1. The molecule has 4 aliphatic rings. The molecule has 3 saturated carbocycles.